The number of nitrogens with zero attached hydrogens (tertiary/aromatic N) is 3. The molecule has 0 unspecified atom stereocenters. The fraction of sp³-hybridized carbons (Fsp3) is 0.636. The van der Waals surface area contributed by atoms with Crippen LogP contribution < -0.4 is 10.2 Å². The van der Waals surface area contributed by atoms with Crippen molar-refractivity contribution >= 4 is 11.6 Å². The second kappa shape index (κ2) is 7.03. The highest BCUT2D eigenvalue weighted by atomic mass is 16.5. The number of hydrogen-bond acceptors (Lipinski definition) is 6. The number of ether oxygens (including phenoxy) is 1. The van der Waals surface area contributed by atoms with Crippen molar-refractivity contribution in [3.63, 3.8) is 0 Å². The molecule has 0 amide bonds. The van der Waals surface area contributed by atoms with Gasteiger partial charge in [-0.25, -0.2) is 9.97 Å². The van der Waals surface area contributed by atoms with E-state index >= 15 is 0 Å². The minimum atomic E-state index is 0.0850. The third kappa shape index (κ3) is 4.16. The SMILES string of the molecule is CNc1cc(N(CCO)CCOC)nc(C)n1. The molecule has 0 saturated heterocycles. The molecule has 6 heteroatoms. The van der Waals surface area contributed by atoms with Gasteiger partial charge in [0.2, 0.25) is 0 Å². The average molecular weight is 240 g/mol. The van der Waals surface area contributed by atoms with Crippen LogP contribution in [0.15, 0.2) is 6.07 Å². The van der Waals surface area contributed by atoms with Crippen LogP contribution in [0.1, 0.15) is 5.82 Å². The molecule has 6 nitrogen and oxygen atoms in total. The quantitative estimate of drug-likeness (QED) is 0.713. The summed E-state index contributed by atoms with van der Waals surface area (Å²) in [5.74, 6) is 2.27. The molecule has 17 heavy (non-hydrogen) atoms. The minimum Gasteiger partial charge on any atom is -0.395 e. The number of anilines is 2. The van der Waals surface area contributed by atoms with E-state index in [2.05, 4.69) is 15.3 Å². The Morgan fingerprint density at radius 3 is 2.76 bits per heavy atom. The molecule has 1 aromatic heterocycles. The Bertz CT molecular complexity index is 346. The maximum atomic E-state index is 9.05. The van der Waals surface area contributed by atoms with Gasteiger partial charge in [-0.2, -0.15) is 0 Å². The molecule has 96 valence electrons. The third-order valence-electron chi connectivity index (χ3n) is 2.34. The van der Waals surface area contributed by atoms with E-state index in [1.165, 1.54) is 0 Å². The molecule has 2 N–H and O–H groups in total. The smallest absolute Gasteiger partial charge is 0.134 e. The highest BCUT2D eigenvalue weighted by Crippen LogP contribution is 2.15. The first-order chi connectivity index (χ1) is 8.21. The van der Waals surface area contributed by atoms with Gasteiger partial charge in [-0.3, -0.25) is 0 Å². The van der Waals surface area contributed by atoms with Crippen molar-refractivity contribution in [3.8, 4) is 0 Å². The van der Waals surface area contributed by atoms with E-state index in [0.29, 0.717) is 25.5 Å². The van der Waals surface area contributed by atoms with Gasteiger partial charge in [-0.15, -0.1) is 0 Å². The summed E-state index contributed by atoms with van der Waals surface area (Å²) in [6, 6.07) is 1.86. The lowest BCUT2D eigenvalue weighted by Gasteiger charge is -2.23. The third-order valence-corrected chi connectivity index (χ3v) is 2.34. The predicted octanol–water partition coefficient (Wildman–Crippen LogP) is 0.272. The maximum absolute atomic E-state index is 9.05. The van der Waals surface area contributed by atoms with Crippen LogP contribution in [0.5, 0.6) is 0 Å². The molecular weight excluding hydrogens is 220 g/mol. The van der Waals surface area contributed by atoms with Crippen molar-refractivity contribution in [2.45, 2.75) is 6.92 Å². The van der Waals surface area contributed by atoms with Gasteiger partial charge < -0.3 is 20.1 Å². The van der Waals surface area contributed by atoms with Crippen molar-refractivity contribution < 1.29 is 9.84 Å². The molecule has 0 bridgehead atoms. The Morgan fingerprint density at radius 1 is 1.41 bits per heavy atom. The van der Waals surface area contributed by atoms with Crippen LogP contribution in [0.2, 0.25) is 0 Å². The van der Waals surface area contributed by atoms with Crippen LogP contribution in [0.25, 0.3) is 0 Å². The normalized spacial score (nSPS) is 10.4. The average Bonchev–Trinajstić information content (AvgIpc) is 2.33. The van der Waals surface area contributed by atoms with Gasteiger partial charge in [-0.05, 0) is 6.92 Å². The molecule has 0 atom stereocenters. The van der Waals surface area contributed by atoms with Crippen molar-refractivity contribution in [3.05, 3.63) is 11.9 Å². The first kappa shape index (κ1) is 13.7. The molecule has 0 aliphatic heterocycles. The number of nitrogens with one attached hydrogen (secondary N) is 1. The van der Waals surface area contributed by atoms with Gasteiger partial charge in [-0.1, -0.05) is 0 Å². The summed E-state index contributed by atoms with van der Waals surface area (Å²) < 4.78 is 5.04. The number of rotatable bonds is 7. The summed E-state index contributed by atoms with van der Waals surface area (Å²) >= 11 is 0. The van der Waals surface area contributed by atoms with E-state index < -0.39 is 0 Å². The number of aliphatic hydroxyl groups excluding tert-OH is 1. The summed E-state index contributed by atoms with van der Waals surface area (Å²) in [6.07, 6.45) is 0. The molecule has 1 aromatic rings. The zero-order valence-electron chi connectivity index (χ0n) is 10.6. The predicted molar refractivity (Wildman–Crippen MR) is 67.5 cm³/mol. The first-order valence-corrected chi connectivity index (χ1v) is 5.59. The lowest BCUT2D eigenvalue weighted by Crippen LogP contribution is -2.31. The van der Waals surface area contributed by atoms with Crippen LogP contribution in [-0.4, -0.2) is 55.5 Å². The summed E-state index contributed by atoms with van der Waals surface area (Å²) in [4.78, 5) is 10.6. The van der Waals surface area contributed by atoms with Gasteiger partial charge in [0.1, 0.15) is 17.5 Å². The summed E-state index contributed by atoms with van der Waals surface area (Å²) in [5.41, 5.74) is 0. The fourth-order valence-electron chi connectivity index (χ4n) is 1.51. The van der Waals surface area contributed by atoms with Crippen molar-refractivity contribution in [1.82, 2.24) is 9.97 Å². The number of hydrogen-bond donors (Lipinski definition) is 2. The molecule has 0 aliphatic carbocycles. The van der Waals surface area contributed by atoms with E-state index in [-0.39, 0.29) is 6.61 Å². The molecule has 0 spiro atoms. The Labute approximate surface area is 102 Å². The van der Waals surface area contributed by atoms with Crippen LogP contribution in [-0.2, 0) is 4.74 Å². The minimum absolute atomic E-state index is 0.0850. The molecule has 0 saturated carbocycles. The summed E-state index contributed by atoms with van der Waals surface area (Å²) in [5, 5.41) is 12.0. The molecular formula is C11H20N4O2. The van der Waals surface area contributed by atoms with Crippen LogP contribution in [0.4, 0.5) is 11.6 Å². The number of aryl methyl sites for hydroxylation is 1. The van der Waals surface area contributed by atoms with E-state index in [1.807, 2.05) is 24.9 Å². The Morgan fingerprint density at radius 2 is 2.18 bits per heavy atom. The molecule has 1 rings (SSSR count). The van der Waals surface area contributed by atoms with Crippen LogP contribution in [0, 0.1) is 6.92 Å². The lowest BCUT2D eigenvalue weighted by atomic mass is 10.4. The van der Waals surface area contributed by atoms with E-state index in [1.54, 1.807) is 7.11 Å². The first-order valence-electron chi connectivity index (χ1n) is 5.59. The van der Waals surface area contributed by atoms with Crippen molar-refractivity contribution in [2.24, 2.45) is 0 Å². The zero-order valence-corrected chi connectivity index (χ0v) is 10.6. The topological polar surface area (TPSA) is 70.5 Å². The standard InChI is InChI=1S/C11H20N4O2/c1-9-13-10(12-2)8-11(14-9)15(4-6-16)5-7-17-3/h8,16H,4-7H2,1-3H3,(H,12,13,14). The molecule has 0 fully saturated rings. The van der Waals surface area contributed by atoms with E-state index in [9.17, 15) is 0 Å². The van der Waals surface area contributed by atoms with Crippen molar-refractivity contribution in [2.75, 3.05) is 50.7 Å². The largest absolute Gasteiger partial charge is 0.395 e. The van der Waals surface area contributed by atoms with E-state index in [4.69, 9.17) is 9.84 Å². The monoisotopic (exact) mass is 240 g/mol. The van der Waals surface area contributed by atoms with Crippen LogP contribution >= 0.6 is 0 Å². The lowest BCUT2D eigenvalue weighted by molar-refractivity contribution is 0.202. The fourth-order valence-corrected chi connectivity index (χ4v) is 1.51. The molecule has 1 heterocycles. The van der Waals surface area contributed by atoms with Gasteiger partial charge in [0.15, 0.2) is 0 Å². The van der Waals surface area contributed by atoms with E-state index in [0.717, 1.165) is 11.6 Å². The second-order valence-corrected chi connectivity index (χ2v) is 3.61. The highest BCUT2D eigenvalue weighted by molar-refractivity contribution is 5.49. The maximum Gasteiger partial charge on any atom is 0.134 e. The van der Waals surface area contributed by atoms with Gasteiger partial charge in [0, 0.05) is 33.3 Å². The Kier molecular flexibility index (Phi) is 5.65. The molecule has 0 aliphatic rings. The Hall–Kier alpha value is -1.40. The van der Waals surface area contributed by atoms with Gasteiger partial charge in [0.05, 0.1) is 13.2 Å². The van der Waals surface area contributed by atoms with Gasteiger partial charge in [0.25, 0.3) is 0 Å². The van der Waals surface area contributed by atoms with Gasteiger partial charge >= 0.3 is 0 Å². The zero-order chi connectivity index (χ0) is 12.7. The molecule has 0 aromatic carbocycles. The molecule has 0 radical (unpaired) electrons. The second-order valence-electron chi connectivity index (χ2n) is 3.61. The Balaban J connectivity index is 2.87. The van der Waals surface area contributed by atoms with Crippen LogP contribution in [0.3, 0.4) is 0 Å². The number of aromatic nitrogens is 2. The number of methoxy groups -OCH3 is 1. The number of aliphatic hydroxyl groups is 1. The summed E-state index contributed by atoms with van der Waals surface area (Å²) in [7, 11) is 3.47. The summed E-state index contributed by atoms with van der Waals surface area (Å²) in [6.45, 7) is 3.75. The highest BCUT2D eigenvalue weighted by Gasteiger charge is 2.09. The van der Waals surface area contributed by atoms with Crippen molar-refractivity contribution in [1.29, 1.82) is 0 Å².